The molecule has 3 fully saturated rings. The maximum Gasteiger partial charge on any atom is 0.252 e. The Bertz CT molecular complexity index is 612. The molecule has 2 heterocycles. The lowest BCUT2D eigenvalue weighted by Gasteiger charge is -2.40. The van der Waals surface area contributed by atoms with E-state index < -0.39 is 5.54 Å². The van der Waals surface area contributed by atoms with E-state index in [-0.39, 0.29) is 35.1 Å². The predicted octanol–water partition coefficient (Wildman–Crippen LogP) is 2.89. The van der Waals surface area contributed by atoms with Crippen LogP contribution in [0.2, 0.25) is 0 Å². The van der Waals surface area contributed by atoms with Crippen LogP contribution in [0.3, 0.4) is 0 Å². The number of hydrogen-bond acceptors (Lipinski definition) is 4. The van der Waals surface area contributed by atoms with Gasteiger partial charge in [0.2, 0.25) is 11.8 Å². The zero-order chi connectivity index (χ0) is 20.4. The summed E-state index contributed by atoms with van der Waals surface area (Å²) in [4.78, 5) is 39.2. The molecule has 0 spiro atoms. The zero-order valence-electron chi connectivity index (χ0n) is 17.6. The number of hydrogen-bond donors (Lipinski definition) is 2. The normalized spacial score (nSPS) is 33.7. The molecule has 3 aliphatic rings. The monoisotopic (exact) mass is 391 g/mol. The Kier molecular flexibility index (Phi) is 6.47. The maximum atomic E-state index is 13.3. The summed E-state index contributed by atoms with van der Waals surface area (Å²) in [7, 11) is 0. The fourth-order valence-corrected chi connectivity index (χ4v) is 5.47. The molecule has 3 N–H and O–H groups in total. The molecule has 158 valence electrons. The summed E-state index contributed by atoms with van der Waals surface area (Å²) in [5, 5.41) is 2.43. The molecule has 0 bridgehead atoms. The largest absolute Gasteiger partial charge is 0.328 e. The van der Waals surface area contributed by atoms with Gasteiger partial charge in [0.15, 0.2) is 0 Å². The van der Waals surface area contributed by atoms with Gasteiger partial charge in [-0.1, -0.05) is 39.0 Å². The minimum atomic E-state index is -0.908. The van der Waals surface area contributed by atoms with Crippen LogP contribution in [-0.4, -0.2) is 40.2 Å². The standard InChI is InChI=1S/C22H37N3O3/c1-3-8-17-16(9-14-22(23)11-6-4-5-7-12-22)15-25(19(17)27)21(2)13-10-18(26)24-20(21)28/h16-17H,3-15,23H2,1-2H3,(H,24,26,28). The Labute approximate surface area is 169 Å². The molecule has 2 saturated heterocycles. The molecule has 2 aliphatic heterocycles. The quantitative estimate of drug-likeness (QED) is 0.538. The van der Waals surface area contributed by atoms with Crippen LogP contribution in [-0.2, 0) is 14.4 Å². The van der Waals surface area contributed by atoms with Crippen LogP contribution in [0.15, 0.2) is 0 Å². The highest BCUT2D eigenvalue weighted by molar-refractivity contribution is 6.04. The fraction of sp³-hybridized carbons (Fsp3) is 0.864. The molecule has 3 unspecified atom stereocenters. The second-order valence-corrected chi connectivity index (χ2v) is 9.57. The maximum absolute atomic E-state index is 13.3. The van der Waals surface area contributed by atoms with Crippen molar-refractivity contribution in [3.8, 4) is 0 Å². The first kappa shape index (κ1) is 21.3. The molecule has 6 heteroatoms. The van der Waals surface area contributed by atoms with Crippen molar-refractivity contribution in [3.05, 3.63) is 0 Å². The highest BCUT2D eigenvalue weighted by Gasteiger charge is 2.52. The summed E-state index contributed by atoms with van der Waals surface area (Å²) in [6, 6.07) is 0. The SMILES string of the molecule is CCCC1C(=O)N(C2(C)CCC(=O)NC2=O)CC1CCC1(N)CCCCCC1. The molecule has 28 heavy (non-hydrogen) atoms. The molecule has 1 aliphatic carbocycles. The average Bonchev–Trinajstić information content (AvgIpc) is 2.82. The van der Waals surface area contributed by atoms with Crippen LogP contribution >= 0.6 is 0 Å². The summed E-state index contributed by atoms with van der Waals surface area (Å²) in [5.41, 5.74) is 5.73. The number of carbonyl (C=O) groups excluding carboxylic acids is 3. The summed E-state index contributed by atoms with van der Waals surface area (Å²) in [6.07, 6.45) is 11.5. The number of nitrogens with zero attached hydrogens (tertiary/aromatic N) is 1. The van der Waals surface area contributed by atoms with Gasteiger partial charge in [-0.2, -0.15) is 0 Å². The van der Waals surface area contributed by atoms with E-state index in [0.29, 0.717) is 19.4 Å². The number of likely N-dealkylation sites (tertiary alicyclic amines) is 1. The Morgan fingerprint density at radius 1 is 1.07 bits per heavy atom. The first-order valence-electron chi connectivity index (χ1n) is 11.2. The number of carbonyl (C=O) groups is 3. The number of rotatable bonds is 6. The molecule has 3 atom stereocenters. The van der Waals surface area contributed by atoms with Gasteiger partial charge in [-0.05, 0) is 51.4 Å². The third-order valence-electron chi connectivity index (χ3n) is 7.46. The van der Waals surface area contributed by atoms with Gasteiger partial charge in [-0.15, -0.1) is 0 Å². The van der Waals surface area contributed by atoms with Crippen LogP contribution in [0, 0.1) is 11.8 Å². The number of amides is 3. The molecule has 6 nitrogen and oxygen atoms in total. The van der Waals surface area contributed by atoms with Gasteiger partial charge in [-0.25, -0.2) is 0 Å². The third-order valence-corrected chi connectivity index (χ3v) is 7.46. The van der Waals surface area contributed by atoms with Crippen molar-refractivity contribution in [3.63, 3.8) is 0 Å². The minimum Gasteiger partial charge on any atom is -0.328 e. The predicted molar refractivity (Wildman–Crippen MR) is 108 cm³/mol. The van der Waals surface area contributed by atoms with Crippen LogP contribution in [0.5, 0.6) is 0 Å². The molecule has 3 rings (SSSR count). The number of nitrogens with one attached hydrogen (secondary N) is 1. The molecule has 3 amide bonds. The Morgan fingerprint density at radius 3 is 2.36 bits per heavy atom. The summed E-state index contributed by atoms with van der Waals surface area (Å²) in [6.45, 7) is 4.53. The van der Waals surface area contributed by atoms with E-state index >= 15 is 0 Å². The van der Waals surface area contributed by atoms with Gasteiger partial charge >= 0.3 is 0 Å². The Hall–Kier alpha value is -1.43. The van der Waals surface area contributed by atoms with Gasteiger partial charge in [0.1, 0.15) is 5.54 Å². The average molecular weight is 392 g/mol. The van der Waals surface area contributed by atoms with Gasteiger partial charge in [-0.3, -0.25) is 19.7 Å². The van der Waals surface area contributed by atoms with Crippen molar-refractivity contribution in [1.29, 1.82) is 0 Å². The van der Waals surface area contributed by atoms with Crippen LogP contribution in [0.25, 0.3) is 0 Å². The van der Waals surface area contributed by atoms with E-state index in [1.54, 1.807) is 4.90 Å². The number of nitrogens with two attached hydrogens (primary N) is 1. The molecule has 0 aromatic carbocycles. The Morgan fingerprint density at radius 2 is 1.75 bits per heavy atom. The van der Waals surface area contributed by atoms with E-state index in [2.05, 4.69) is 12.2 Å². The lowest BCUT2D eigenvalue weighted by Crippen LogP contribution is -2.61. The van der Waals surface area contributed by atoms with Crippen LogP contribution in [0.4, 0.5) is 0 Å². The second kappa shape index (κ2) is 8.52. The highest BCUT2D eigenvalue weighted by atomic mass is 16.2. The zero-order valence-corrected chi connectivity index (χ0v) is 17.6. The van der Waals surface area contributed by atoms with Crippen molar-refractivity contribution in [2.24, 2.45) is 17.6 Å². The number of piperidine rings is 1. The molecular weight excluding hydrogens is 354 g/mol. The topological polar surface area (TPSA) is 92.5 Å². The van der Waals surface area contributed by atoms with E-state index in [1.165, 1.54) is 25.7 Å². The van der Waals surface area contributed by atoms with Crippen molar-refractivity contribution < 1.29 is 14.4 Å². The van der Waals surface area contributed by atoms with E-state index in [4.69, 9.17) is 5.73 Å². The third kappa shape index (κ3) is 4.27. The van der Waals surface area contributed by atoms with Crippen LogP contribution < -0.4 is 11.1 Å². The van der Waals surface area contributed by atoms with Crippen molar-refractivity contribution in [2.75, 3.05) is 6.54 Å². The first-order chi connectivity index (χ1) is 13.3. The molecule has 1 saturated carbocycles. The van der Waals surface area contributed by atoms with Crippen molar-refractivity contribution in [1.82, 2.24) is 10.2 Å². The first-order valence-corrected chi connectivity index (χ1v) is 11.2. The van der Waals surface area contributed by atoms with Gasteiger partial charge in [0.05, 0.1) is 0 Å². The summed E-state index contributed by atoms with van der Waals surface area (Å²) in [5.74, 6) is -0.257. The van der Waals surface area contributed by atoms with E-state index in [9.17, 15) is 14.4 Å². The second-order valence-electron chi connectivity index (χ2n) is 9.57. The Balaban J connectivity index is 1.71. The lowest BCUT2D eigenvalue weighted by atomic mass is 9.80. The van der Waals surface area contributed by atoms with E-state index in [0.717, 1.165) is 38.5 Å². The van der Waals surface area contributed by atoms with Crippen LogP contribution in [0.1, 0.15) is 90.9 Å². The summed E-state index contributed by atoms with van der Waals surface area (Å²) < 4.78 is 0. The van der Waals surface area contributed by atoms with Crippen molar-refractivity contribution in [2.45, 2.75) is 102 Å². The molecular formula is C22H37N3O3. The lowest BCUT2D eigenvalue weighted by molar-refractivity contribution is -0.151. The highest BCUT2D eigenvalue weighted by Crippen LogP contribution is 2.40. The smallest absolute Gasteiger partial charge is 0.252 e. The van der Waals surface area contributed by atoms with Gasteiger partial charge in [0, 0.05) is 24.4 Å². The van der Waals surface area contributed by atoms with E-state index in [1.807, 2.05) is 6.92 Å². The summed E-state index contributed by atoms with van der Waals surface area (Å²) >= 11 is 0. The molecule has 0 radical (unpaired) electrons. The molecule has 0 aromatic heterocycles. The van der Waals surface area contributed by atoms with Gasteiger partial charge in [0.25, 0.3) is 5.91 Å². The van der Waals surface area contributed by atoms with Crippen molar-refractivity contribution >= 4 is 17.7 Å². The fourth-order valence-electron chi connectivity index (χ4n) is 5.47. The van der Waals surface area contributed by atoms with Gasteiger partial charge < -0.3 is 10.6 Å². The number of imide groups is 1. The molecule has 0 aromatic rings. The minimum absolute atomic E-state index is 0.0263.